The average Bonchev–Trinajstić information content (AvgIpc) is 2.74. The Hall–Kier alpha value is -0.950. The molecule has 0 aromatic heterocycles. The van der Waals surface area contributed by atoms with E-state index >= 15 is 0 Å². The molecule has 0 aliphatic carbocycles. The number of benzene rings is 1. The van der Waals surface area contributed by atoms with Gasteiger partial charge in [-0.25, -0.2) is 0 Å². The van der Waals surface area contributed by atoms with E-state index in [0.29, 0.717) is 37.2 Å². The number of rotatable bonds is 15. The Kier molecular flexibility index (Phi) is 16.2. The molecule has 1 amide bonds. The molecule has 0 saturated heterocycles. The van der Waals surface area contributed by atoms with Crippen LogP contribution in [0.2, 0.25) is 0 Å². The third-order valence-electron chi connectivity index (χ3n) is 6.18. The van der Waals surface area contributed by atoms with E-state index in [4.69, 9.17) is 10.5 Å². The smallest absolute Gasteiger partial charge is 0.248 e. The topological polar surface area (TPSA) is 84.6 Å². The zero-order chi connectivity index (χ0) is 25.0. The minimum absolute atomic E-state index is 0. The largest absolute Gasteiger partial charge is 0.483 e. The van der Waals surface area contributed by atoms with E-state index in [9.17, 15) is 9.90 Å². The number of carbonyl (C=O) groups is 1. The summed E-state index contributed by atoms with van der Waals surface area (Å²) in [5.74, 6) is 2.23. The second-order valence-corrected chi connectivity index (χ2v) is 11.4. The van der Waals surface area contributed by atoms with Gasteiger partial charge in [-0.2, -0.15) is 0 Å². The molecule has 1 aromatic rings. The van der Waals surface area contributed by atoms with E-state index in [-0.39, 0.29) is 29.8 Å². The van der Waals surface area contributed by atoms with Gasteiger partial charge in [-0.1, -0.05) is 60.1 Å². The van der Waals surface area contributed by atoms with Crippen molar-refractivity contribution in [1.29, 1.82) is 0 Å². The number of amides is 1. The normalized spacial score (nSPS) is 14.3. The molecular formula is C27H49ClN2O3S. The van der Waals surface area contributed by atoms with Gasteiger partial charge < -0.3 is 20.9 Å². The zero-order valence-electron chi connectivity index (χ0n) is 22.4. The van der Waals surface area contributed by atoms with Crippen LogP contribution < -0.4 is 15.8 Å². The summed E-state index contributed by atoms with van der Waals surface area (Å²) >= 11 is 1.68. The highest BCUT2D eigenvalue weighted by Gasteiger charge is 2.23. The highest BCUT2D eigenvalue weighted by Crippen LogP contribution is 2.34. The SMILES string of the molecule is CCCCNC(=O)[C@@H](O)CC[C@H](N)C[C@H](Cc1ccc(C(C)(C)C)c(OCSC)c1)C(C)C.Cl. The van der Waals surface area contributed by atoms with Gasteiger partial charge in [0.05, 0.1) is 0 Å². The van der Waals surface area contributed by atoms with E-state index in [1.807, 2.05) is 6.26 Å². The number of aliphatic hydroxyl groups is 1. The van der Waals surface area contributed by atoms with Crippen LogP contribution in [0.4, 0.5) is 0 Å². The van der Waals surface area contributed by atoms with E-state index in [1.54, 1.807) is 11.8 Å². The first-order valence-corrected chi connectivity index (χ1v) is 13.8. The van der Waals surface area contributed by atoms with Gasteiger partial charge in [0.15, 0.2) is 0 Å². The first kappa shape index (κ1) is 33.0. The molecule has 1 rings (SSSR count). The molecule has 0 bridgehead atoms. The molecule has 34 heavy (non-hydrogen) atoms. The molecule has 0 radical (unpaired) electrons. The molecule has 0 unspecified atom stereocenters. The Morgan fingerprint density at radius 2 is 1.91 bits per heavy atom. The van der Waals surface area contributed by atoms with Crippen molar-refractivity contribution < 1.29 is 14.6 Å². The molecule has 3 atom stereocenters. The van der Waals surface area contributed by atoms with Crippen molar-refractivity contribution in [3.63, 3.8) is 0 Å². The molecule has 5 nitrogen and oxygen atoms in total. The molecule has 7 heteroatoms. The number of nitrogens with two attached hydrogens (primary N) is 1. The zero-order valence-corrected chi connectivity index (χ0v) is 24.0. The monoisotopic (exact) mass is 516 g/mol. The van der Waals surface area contributed by atoms with Gasteiger partial charge in [-0.15, -0.1) is 24.2 Å². The Balaban J connectivity index is 0.0000109. The van der Waals surface area contributed by atoms with Gasteiger partial charge >= 0.3 is 0 Å². The van der Waals surface area contributed by atoms with Crippen LogP contribution in [-0.4, -0.2) is 41.9 Å². The van der Waals surface area contributed by atoms with Crippen LogP contribution in [0.15, 0.2) is 18.2 Å². The van der Waals surface area contributed by atoms with Crippen LogP contribution in [0.3, 0.4) is 0 Å². The van der Waals surface area contributed by atoms with Crippen molar-refractivity contribution in [3.05, 3.63) is 29.3 Å². The van der Waals surface area contributed by atoms with Crippen LogP contribution in [0.1, 0.15) is 84.8 Å². The molecule has 198 valence electrons. The highest BCUT2D eigenvalue weighted by molar-refractivity contribution is 7.98. The van der Waals surface area contributed by atoms with Crippen LogP contribution in [0.25, 0.3) is 0 Å². The van der Waals surface area contributed by atoms with Crippen LogP contribution in [0, 0.1) is 11.8 Å². The number of halogens is 1. The summed E-state index contributed by atoms with van der Waals surface area (Å²) in [6, 6.07) is 6.58. The number of nitrogens with one attached hydrogen (secondary N) is 1. The summed E-state index contributed by atoms with van der Waals surface area (Å²) < 4.78 is 6.07. The van der Waals surface area contributed by atoms with E-state index in [0.717, 1.165) is 31.4 Å². The maximum absolute atomic E-state index is 12.0. The maximum atomic E-state index is 12.0. The predicted octanol–water partition coefficient (Wildman–Crippen LogP) is 5.69. The summed E-state index contributed by atoms with van der Waals surface area (Å²) in [6.07, 6.45) is 5.84. The lowest BCUT2D eigenvalue weighted by Gasteiger charge is -2.27. The molecular weight excluding hydrogens is 468 g/mol. The number of thioether (sulfide) groups is 1. The standard InChI is InChI=1S/C27H48N2O3S.ClH/c1-8-9-14-29-26(31)24(30)13-11-22(28)17-21(19(2)3)15-20-10-12-23(27(4,5)6)25(16-20)32-18-33-7;/h10,12,16,19,21-22,24,30H,8-9,11,13-15,17-18,28H2,1-7H3,(H,29,31);1H/t21-,22-,24-;/m0./s1. The third-order valence-corrected chi connectivity index (χ3v) is 6.53. The van der Waals surface area contributed by atoms with E-state index in [1.165, 1.54) is 11.1 Å². The Bertz CT molecular complexity index is 710. The first-order chi connectivity index (χ1) is 15.5. The molecule has 0 spiro atoms. The van der Waals surface area contributed by atoms with Gasteiger partial charge in [0.1, 0.15) is 17.8 Å². The third kappa shape index (κ3) is 12.1. The molecule has 0 aliphatic rings. The summed E-state index contributed by atoms with van der Waals surface area (Å²) in [7, 11) is 0. The fraction of sp³-hybridized carbons (Fsp3) is 0.741. The van der Waals surface area contributed by atoms with Gasteiger partial charge in [-0.05, 0) is 72.8 Å². The van der Waals surface area contributed by atoms with E-state index in [2.05, 4.69) is 65.1 Å². The average molecular weight is 517 g/mol. The van der Waals surface area contributed by atoms with Crippen molar-refractivity contribution in [1.82, 2.24) is 5.32 Å². The second-order valence-electron chi connectivity index (χ2n) is 10.6. The lowest BCUT2D eigenvalue weighted by molar-refractivity contribution is -0.129. The molecule has 1 aromatic carbocycles. The van der Waals surface area contributed by atoms with Gasteiger partial charge in [0, 0.05) is 12.6 Å². The Labute approximate surface area is 218 Å². The van der Waals surface area contributed by atoms with Crippen molar-refractivity contribution in [3.8, 4) is 5.75 Å². The lowest BCUT2D eigenvalue weighted by atomic mass is 9.81. The predicted molar refractivity (Wildman–Crippen MR) is 149 cm³/mol. The molecule has 0 heterocycles. The number of unbranched alkanes of at least 4 members (excludes halogenated alkanes) is 1. The fourth-order valence-corrected chi connectivity index (χ4v) is 4.21. The minimum Gasteiger partial charge on any atom is -0.483 e. The molecule has 0 fully saturated rings. The number of hydrogen-bond donors (Lipinski definition) is 3. The lowest BCUT2D eigenvalue weighted by Crippen LogP contribution is -2.36. The first-order valence-electron chi connectivity index (χ1n) is 12.5. The van der Waals surface area contributed by atoms with E-state index < -0.39 is 6.10 Å². The summed E-state index contributed by atoms with van der Waals surface area (Å²) in [6.45, 7) is 13.8. The summed E-state index contributed by atoms with van der Waals surface area (Å²) in [5, 5.41) is 12.9. The van der Waals surface area contributed by atoms with Gasteiger partial charge in [0.25, 0.3) is 0 Å². The van der Waals surface area contributed by atoms with Crippen LogP contribution >= 0.6 is 24.2 Å². The number of carbonyl (C=O) groups excluding carboxylic acids is 1. The summed E-state index contributed by atoms with van der Waals surface area (Å²) in [4.78, 5) is 12.0. The maximum Gasteiger partial charge on any atom is 0.248 e. The summed E-state index contributed by atoms with van der Waals surface area (Å²) in [5.41, 5.74) is 8.96. The number of hydrogen-bond acceptors (Lipinski definition) is 5. The molecule has 0 aliphatic heterocycles. The number of aliphatic hydroxyl groups excluding tert-OH is 1. The van der Waals surface area contributed by atoms with Crippen molar-refractivity contribution in [2.75, 3.05) is 18.7 Å². The van der Waals surface area contributed by atoms with Crippen molar-refractivity contribution in [2.24, 2.45) is 17.6 Å². The minimum atomic E-state index is -0.980. The Morgan fingerprint density at radius 3 is 2.47 bits per heavy atom. The number of ether oxygens (including phenoxy) is 1. The Morgan fingerprint density at radius 1 is 1.24 bits per heavy atom. The van der Waals surface area contributed by atoms with Gasteiger partial charge in [0.2, 0.25) is 5.91 Å². The molecule has 0 saturated carbocycles. The second kappa shape index (κ2) is 16.7. The van der Waals surface area contributed by atoms with Crippen molar-refractivity contribution >= 4 is 30.1 Å². The highest BCUT2D eigenvalue weighted by atomic mass is 35.5. The van der Waals surface area contributed by atoms with Crippen LogP contribution in [-0.2, 0) is 16.6 Å². The molecule has 4 N–H and O–H groups in total. The van der Waals surface area contributed by atoms with Crippen molar-refractivity contribution in [2.45, 2.75) is 97.6 Å². The quantitative estimate of drug-likeness (QED) is 0.206. The van der Waals surface area contributed by atoms with Crippen LogP contribution in [0.5, 0.6) is 5.75 Å². The van der Waals surface area contributed by atoms with Gasteiger partial charge in [-0.3, -0.25) is 4.79 Å². The fourth-order valence-electron chi connectivity index (χ4n) is 3.97.